The van der Waals surface area contributed by atoms with Crippen LogP contribution in [0.25, 0.3) is 0 Å². The van der Waals surface area contributed by atoms with Gasteiger partial charge in [-0.25, -0.2) is 4.39 Å². The summed E-state index contributed by atoms with van der Waals surface area (Å²) in [6.07, 6.45) is 4.29. The van der Waals surface area contributed by atoms with Crippen molar-refractivity contribution in [2.75, 3.05) is 12.4 Å². The first-order valence-corrected chi connectivity index (χ1v) is 7.96. The number of halogens is 1. The van der Waals surface area contributed by atoms with E-state index in [-0.39, 0.29) is 11.9 Å². The van der Waals surface area contributed by atoms with Crippen LogP contribution in [0.5, 0.6) is 0 Å². The molecule has 2 nitrogen and oxygen atoms in total. The molecule has 0 radical (unpaired) electrons. The van der Waals surface area contributed by atoms with Crippen LogP contribution in [0.2, 0.25) is 0 Å². The van der Waals surface area contributed by atoms with Crippen LogP contribution in [-0.2, 0) is 11.2 Å². The maximum Gasteiger partial charge on any atom is 0.123 e. The quantitative estimate of drug-likeness (QED) is 0.813. The molecule has 1 aliphatic rings. The molecule has 106 valence electrons. The third-order valence-electron chi connectivity index (χ3n) is 3.48. The van der Waals surface area contributed by atoms with Gasteiger partial charge in [-0.05, 0) is 49.4 Å². The normalized spacial score (nSPS) is 20.7. The summed E-state index contributed by atoms with van der Waals surface area (Å²) < 4.78 is 19.0. The minimum absolute atomic E-state index is 0.101. The average molecular weight is 283 g/mol. The Morgan fingerprint density at radius 3 is 3.05 bits per heavy atom. The van der Waals surface area contributed by atoms with Crippen LogP contribution in [0.15, 0.2) is 23.1 Å². The van der Waals surface area contributed by atoms with Crippen molar-refractivity contribution in [2.45, 2.75) is 49.6 Å². The van der Waals surface area contributed by atoms with E-state index in [1.165, 1.54) is 6.07 Å². The topological polar surface area (TPSA) is 35.2 Å². The number of hydrogen-bond donors (Lipinski definition) is 1. The number of thioether (sulfide) groups is 1. The number of nitrogens with two attached hydrogens (primary N) is 1. The smallest absolute Gasteiger partial charge is 0.123 e. The number of ether oxygens (including phenoxy) is 1. The van der Waals surface area contributed by atoms with Gasteiger partial charge in [0.25, 0.3) is 0 Å². The lowest BCUT2D eigenvalue weighted by atomic mass is 10.0. The molecule has 2 rings (SSSR count). The van der Waals surface area contributed by atoms with Crippen molar-refractivity contribution in [2.24, 2.45) is 5.73 Å². The molecule has 0 spiro atoms. The fourth-order valence-corrected chi connectivity index (χ4v) is 3.35. The molecular weight excluding hydrogens is 261 g/mol. The van der Waals surface area contributed by atoms with Crippen molar-refractivity contribution < 1.29 is 9.13 Å². The van der Waals surface area contributed by atoms with Crippen molar-refractivity contribution >= 4 is 11.8 Å². The van der Waals surface area contributed by atoms with E-state index in [0.29, 0.717) is 6.10 Å². The van der Waals surface area contributed by atoms with Gasteiger partial charge >= 0.3 is 0 Å². The summed E-state index contributed by atoms with van der Waals surface area (Å²) in [4.78, 5) is 1.14. The van der Waals surface area contributed by atoms with Crippen molar-refractivity contribution in [3.63, 3.8) is 0 Å². The van der Waals surface area contributed by atoms with Gasteiger partial charge in [0.05, 0.1) is 6.10 Å². The van der Waals surface area contributed by atoms with Crippen LogP contribution >= 0.6 is 11.8 Å². The zero-order chi connectivity index (χ0) is 13.7. The maximum absolute atomic E-state index is 13.4. The Balaban J connectivity index is 2.00. The van der Waals surface area contributed by atoms with Gasteiger partial charge in [-0.1, -0.05) is 6.92 Å². The molecule has 2 N–H and O–H groups in total. The largest absolute Gasteiger partial charge is 0.377 e. The molecule has 2 atom stereocenters. The summed E-state index contributed by atoms with van der Waals surface area (Å²) in [5.41, 5.74) is 7.01. The monoisotopic (exact) mass is 283 g/mol. The van der Waals surface area contributed by atoms with E-state index in [1.54, 1.807) is 17.8 Å². The summed E-state index contributed by atoms with van der Waals surface area (Å²) in [5.74, 6) is 0.764. The lowest BCUT2D eigenvalue weighted by Crippen LogP contribution is -2.21. The molecule has 0 amide bonds. The average Bonchev–Trinajstić information content (AvgIpc) is 2.91. The molecule has 0 saturated carbocycles. The van der Waals surface area contributed by atoms with Gasteiger partial charge in [0.15, 0.2) is 0 Å². The van der Waals surface area contributed by atoms with Crippen molar-refractivity contribution in [3.8, 4) is 0 Å². The van der Waals surface area contributed by atoms with Gasteiger partial charge in [-0.15, -0.1) is 11.8 Å². The molecule has 2 unspecified atom stereocenters. The van der Waals surface area contributed by atoms with Gasteiger partial charge in [-0.2, -0.15) is 0 Å². The fraction of sp³-hybridized carbons (Fsp3) is 0.600. The molecule has 0 bridgehead atoms. The van der Waals surface area contributed by atoms with Crippen LogP contribution in [0.4, 0.5) is 4.39 Å². The lowest BCUT2D eigenvalue weighted by molar-refractivity contribution is 0.129. The van der Waals surface area contributed by atoms with Crippen LogP contribution in [0, 0.1) is 5.82 Å². The summed E-state index contributed by atoms with van der Waals surface area (Å²) in [7, 11) is 0. The minimum Gasteiger partial charge on any atom is -0.377 e. The SMILES string of the molecule is CCC(N)Cc1cc(F)ccc1SCC1CCCO1. The molecule has 1 aliphatic heterocycles. The van der Waals surface area contributed by atoms with Gasteiger partial charge in [0.2, 0.25) is 0 Å². The zero-order valence-corrected chi connectivity index (χ0v) is 12.2. The van der Waals surface area contributed by atoms with E-state index in [1.807, 2.05) is 6.07 Å². The van der Waals surface area contributed by atoms with Crippen LogP contribution in [0.3, 0.4) is 0 Å². The predicted octanol–water partition coefficient (Wildman–Crippen LogP) is 3.38. The molecule has 1 fully saturated rings. The van der Waals surface area contributed by atoms with Gasteiger partial charge in [0, 0.05) is 23.3 Å². The van der Waals surface area contributed by atoms with Crippen LogP contribution in [0.1, 0.15) is 31.7 Å². The van der Waals surface area contributed by atoms with E-state index >= 15 is 0 Å². The lowest BCUT2D eigenvalue weighted by Gasteiger charge is -2.15. The number of rotatable bonds is 6. The van der Waals surface area contributed by atoms with Crippen molar-refractivity contribution in [1.82, 2.24) is 0 Å². The van der Waals surface area contributed by atoms with Gasteiger partial charge in [-0.3, -0.25) is 0 Å². The molecule has 19 heavy (non-hydrogen) atoms. The second kappa shape index (κ2) is 7.27. The van der Waals surface area contributed by atoms with Crippen molar-refractivity contribution in [1.29, 1.82) is 0 Å². The highest BCUT2D eigenvalue weighted by Gasteiger charge is 2.17. The Morgan fingerprint density at radius 2 is 2.37 bits per heavy atom. The standard InChI is InChI=1S/C15H22FNOS/c1-2-13(17)9-11-8-12(16)5-6-15(11)19-10-14-4-3-7-18-14/h5-6,8,13-14H,2-4,7,9-10,17H2,1H3. The summed E-state index contributed by atoms with van der Waals surface area (Å²) in [6.45, 7) is 2.94. The van der Waals surface area contributed by atoms with E-state index in [9.17, 15) is 4.39 Å². The summed E-state index contributed by atoms with van der Waals surface area (Å²) >= 11 is 1.76. The number of benzene rings is 1. The molecule has 1 aromatic rings. The van der Waals surface area contributed by atoms with E-state index < -0.39 is 0 Å². The zero-order valence-electron chi connectivity index (χ0n) is 11.4. The van der Waals surface area contributed by atoms with E-state index in [4.69, 9.17) is 10.5 Å². The molecule has 1 saturated heterocycles. The molecule has 1 aromatic carbocycles. The van der Waals surface area contributed by atoms with E-state index in [0.717, 1.165) is 48.5 Å². The van der Waals surface area contributed by atoms with E-state index in [2.05, 4.69) is 6.92 Å². The van der Waals surface area contributed by atoms with Gasteiger partial charge < -0.3 is 10.5 Å². The van der Waals surface area contributed by atoms with Crippen LogP contribution in [-0.4, -0.2) is 24.5 Å². The Hall–Kier alpha value is -0.580. The minimum atomic E-state index is -0.181. The Kier molecular flexibility index (Phi) is 5.67. The Morgan fingerprint density at radius 1 is 1.53 bits per heavy atom. The first kappa shape index (κ1) is 14.8. The highest BCUT2D eigenvalue weighted by atomic mass is 32.2. The first-order chi connectivity index (χ1) is 9.19. The highest BCUT2D eigenvalue weighted by Crippen LogP contribution is 2.28. The second-order valence-electron chi connectivity index (χ2n) is 5.07. The maximum atomic E-state index is 13.4. The Bertz CT molecular complexity index is 407. The molecule has 4 heteroatoms. The number of hydrogen-bond acceptors (Lipinski definition) is 3. The van der Waals surface area contributed by atoms with Crippen LogP contribution < -0.4 is 5.73 Å². The summed E-state index contributed by atoms with van der Waals surface area (Å²) in [5, 5.41) is 0. The highest BCUT2D eigenvalue weighted by molar-refractivity contribution is 7.99. The Labute approximate surface area is 118 Å². The molecule has 0 aliphatic carbocycles. The third kappa shape index (κ3) is 4.48. The second-order valence-corrected chi connectivity index (χ2v) is 6.13. The molecular formula is C15H22FNOS. The van der Waals surface area contributed by atoms with Gasteiger partial charge in [0.1, 0.15) is 5.82 Å². The predicted molar refractivity (Wildman–Crippen MR) is 78.1 cm³/mol. The third-order valence-corrected chi connectivity index (χ3v) is 4.73. The van der Waals surface area contributed by atoms with Crippen molar-refractivity contribution in [3.05, 3.63) is 29.6 Å². The molecule has 0 aromatic heterocycles. The summed E-state index contributed by atoms with van der Waals surface area (Å²) in [6, 6.07) is 5.11. The first-order valence-electron chi connectivity index (χ1n) is 6.97. The molecule has 1 heterocycles. The fourth-order valence-electron chi connectivity index (χ4n) is 2.23.